The second-order valence-electron chi connectivity index (χ2n) is 4.45. The molecule has 1 aromatic carbocycles. The van der Waals surface area contributed by atoms with Crippen LogP contribution >= 0.6 is 11.3 Å². The van der Waals surface area contributed by atoms with Crippen molar-refractivity contribution in [2.45, 2.75) is 26.7 Å². The van der Waals surface area contributed by atoms with E-state index < -0.39 is 0 Å². The van der Waals surface area contributed by atoms with Gasteiger partial charge < -0.3 is 5.32 Å². The van der Waals surface area contributed by atoms with Gasteiger partial charge in [0.05, 0.1) is 5.69 Å². The van der Waals surface area contributed by atoms with Crippen LogP contribution in [0.3, 0.4) is 0 Å². The normalized spacial score (nSPS) is 10.9. The van der Waals surface area contributed by atoms with E-state index in [2.05, 4.69) is 55.3 Å². The monoisotopic (exact) mass is 246 g/mol. The van der Waals surface area contributed by atoms with Gasteiger partial charge in [-0.15, -0.1) is 11.3 Å². The van der Waals surface area contributed by atoms with E-state index in [0.29, 0.717) is 5.92 Å². The Labute approximate surface area is 107 Å². The van der Waals surface area contributed by atoms with E-state index in [1.54, 1.807) is 11.3 Å². The number of nitrogens with zero attached hydrogens (tertiary/aromatic N) is 1. The molecule has 0 aliphatic heterocycles. The molecule has 1 aromatic heterocycles. The third-order valence-corrected chi connectivity index (χ3v) is 3.85. The van der Waals surface area contributed by atoms with Crippen LogP contribution in [-0.2, 0) is 0 Å². The van der Waals surface area contributed by atoms with Gasteiger partial charge in [0, 0.05) is 17.5 Å². The second kappa shape index (κ2) is 4.88. The SMILES string of the molecule is CNc1nc(-c2ccc(C(C)C)cc2)c(C)s1. The lowest BCUT2D eigenvalue weighted by Gasteiger charge is -2.06. The van der Waals surface area contributed by atoms with Crippen LogP contribution in [0.2, 0.25) is 0 Å². The number of hydrogen-bond acceptors (Lipinski definition) is 3. The van der Waals surface area contributed by atoms with Crippen molar-refractivity contribution in [3.8, 4) is 11.3 Å². The topological polar surface area (TPSA) is 24.9 Å². The third kappa shape index (κ3) is 2.50. The molecule has 0 aliphatic carbocycles. The Bertz CT molecular complexity index is 497. The van der Waals surface area contributed by atoms with Crippen molar-refractivity contribution in [1.29, 1.82) is 0 Å². The lowest BCUT2D eigenvalue weighted by Crippen LogP contribution is -1.88. The van der Waals surface area contributed by atoms with E-state index in [-0.39, 0.29) is 0 Å². The molecule has 2 aromatic rings. The standard InChI is InChI=1S/C14H18N2S/c1-9(2)11-5-7-12(8-6-11)13-10(3)17-14(15-4)16-13/h5-9H,1-4H3,(H,15,16). The Kier molecular flexibility index (Phi) is 3.48. The van der Waals surface area contributed by atoms with Gasteiger partial charge in [0.2, 0.25) is 0 Å². The molecule has 90 valence electrons. The number of thiazole rings is 1. The van der Waals surface area contributed by atoms with Crippen LogP contribution in [0.15, 0.2) is 24.3 Å². The zero-order chi connectivity index (χ0) is 12.4. The lowest BCUT2D eigenvalue weighted by molar-refractivity contribution is 0.867. The van der Waals surface area contributed by atoms with E-state index in [0.717, 1.165) is 10.8 Å². The molecule has 0 bridgehead atoms. The molecule has 0 saturated heterocycles. The number of aromatic nitrogens is 1. The lowest BCUT2D eigenvalue weighted by atomic mass is 10.0. The number of benzene rings is 1. The van der Waals surface area contributed by atoms with Gasteiger partial charge in [-0.25, -0.2) is 4.98 Å². The number of rotatable bonds is 3. The van der Waals surface area contributed by atoms with Gasteiger partial charge in [-0.05, 0) is 18.4 Å². The number of aryl methyl sites for hydroxylation is 1. The molecule has 0 spiro atoms. The van der Waals surface area contributed by atoms with Gasteiger partial charge >= 0.3 is 0 Å². The average Bonchev–Trinajstić information content (AvgIpc) is 2.71. The Morgan fingerprint density at radius 1 is 1.18 bits per heavy atom. The molecule has 1 heterocycles. The molecule has 0 unspecified atom stereocenters. The Balaban J connectivity index is 2.36. The summed E-state index contributed by atoms with van der Waals surface area (Å²) in [7, 11) is 1.91. The van der Waals surface area contributed by atoms with Crippen molar-refractivity contribution in [3.05, 3.63) is 34.7 Å². The fourth-order valence-corrected chi connectivity index (χ4v) is 2.59. The molecule has 0 aliphatic rings. The van der Waals surface area contributed by atoms with Gasteiger partial charge in [0.15, 0.2) is 5.13 Å². The Hall–Kier alpha value is -1.35. The highest BCUT2D eigenvalue weighted by atomic mass is 32.1. The van der Waals surface area contributed by atoms with E-state index >= 15 is 0 Å². The number of hydrogen-bond donors (Lipinski definition) is 1. The maximum Gasteiger partial charge on any atom is 0.183 e. The highest BCUT2D eigenvalue weighted by Gasteiger charge is 2.09. The minimum Gasteiger partial charge on any atom is -0.365 e. The van der Waals surface area contributed by atoms with Gasteiger partial charge in [-0.1, -0.05) is 38.1 Å². The van der Waals surface area contributed by atoms with Crippen LogP contribution in [0.25, 0.3) is 11.3 Å². The molecule has 0 atom stereocenters. The summed E-state index contributed by atoms with van der Waals surface area (Å²) in [5.41, 5.74) is 3.66. The fraction of sp³-hybridized carbons (Fsp3) is 0.357. The van der Waals surface area contributed by atoms with Crippen molar-refractivity contribution >= 4 is 16.5 Å². The predicted molar refractivity (Wildman–Crippen MR) is 75.9 cm³/mol. The van der Waals surface area contributed by atoms with Crippen LogP contribution in [-0.4, -0.2) is 12.0 Å². The summed E-state index contributed by atoms with van der Waals surface area (Å²) in [5.74, 6) is 0.577. The Morgan fingerprint density at radius 2 is 1.82 bits per heavy atom. The zero-order valence-corrected chi connectivity index (χ0v) is 11.6. The summed E-state index contributed by atoms with van der Waals surface area (Å²) >= 11 is 1.70. The highest BCUT2D eigenvalue weighted by Crippen LogP contribution is 2.30. The average molecular weight is 246 g/mol. The Morgan fingerprint density at radius 3 is 2.29 bits per heavy atom. The van der Waals surface area contributed by atoms with Crippen molar-refractivity contribution in [3.63, 3.8) is 0 Å². The molecule has 0 amide bonds. The largest absolute Gasteiger partial charge is 0.365 e. The highest BCUT2D eigenvalue weighted by molar-refractivity contribution is 7.15. The van der Waals surface area contributed by atoms with Crippen LogP contribution in [0.4, 0.5) is 5.13 Å². The van der Waals surface area contributed by atoms with Crippen molar-refractivity contribution in [2.24, 2.45) is 0 Å². The first-order valence-corrected chi connectivity index (χ1v) is 6.69. The minimum atomic E-state index is 0.577. The first kappa shape index (κ1) is 12.1. The van der Waals surface area contributed by atoms with Crippen molar-refractivity contribution < 1.29 is 0 Å². The molecule has 1 N–H and O–H groups in total. The van der Waals surface area contributed by atoms with Crippen LogP contribution < -0.4 is 5.32 Å². The van der Waals surface area contributed by atoms with Gasteiger partial charge in [-0.2, -0.15) is 0 Å². The van der Waals surface area contributed by atoms with E-state index in [9.17, 15) is 0 Å². The first-order valence-electron chi connectivity index (χ1n) is 5.87. The van der Waals surface area contributed by atoms with Gasteiger partial charge in [-0.3, -0.25) is 0 Å². The molecule has 0 fully saturated rings. The van der Waals surface area contributed by atoms with Crippen LogP contribution in [0.5, 0.6) is 0 Å². The van der Waals surface area contributed by atoms with Gasteiger partial charge in [0.1, 0.15) is 0 Å². The number of anilines is 1. The quantitative estimate of drug-likeness (QED) is 0.874. The smallest absolute Gasteiger partial charge is 0.183 e. The molecule has 3 heteroatoms. The van der Waals surface area contributed by atoms with Crippen molar-refractivity contribution in [1.82, 2.24) is 4.98 Å². The second-order valence-corrected chi connectivity index (χ2v) is 5.65. The molecular weight excluding hydrogens is 228 g/mol. The zero-order valence-electron chi connectivity index (χ0n) is 10.7. The third-order valence-electron chi connectivity index (χ3n) is 2.86. The fourth-order valence-electron chi connectivity index (χ4n) is 1.80. The molecule has 17 heavy (non-hydrogen) atoms. The first-order chi connectivity index (χ1) is 8.11. The predicted octanol–water partition coefficient (Wildman–Crippen LogP) is 4.28. The molecular formula is C14H18N2S. The summed E-state index contributed by atoms with van der Waals surface area (Å²) in [5, 5.41) is 4.07. The number of nitrogens with one attached hydrogen (secondary N) is 1. The van der Waals surface area contributed by atoms with Gasteiger partial charge in [0.25, 0.3) is 0 Å². The van der Waals surface area contributed by atoms with Crippen molar-refractivity contribution in [2.75, 3.05) is 12.4 Å². The molecule has 0 radical (unpaired) electrons. The molecule has 2 nitrogen and oxygen atoms in total. The maximum atomic E-state index is 4.58. The summed E-state index contributed by atoms with van der Waals surface area (Å²) in [6.07, 6.45) is 0. The molecule has 0 saturated carbocycles. The summed E-state index contributed by atoms with van der Waals surface area (Å²) in [6.45, 7) is 6.54. The van der Waals surface area contributed by atoms with Crippen LogP contribution in [0.1, 0.15) is 30.2 Å². The minimum absolute atomic E-state index is 0.577. The summed E-state index contributed by atoms with van der Waals surface area (Å²) < 4.78 is 0. The molecule has 2 rings (SSSR count). The van der Waals surface area contributed by atoms with Crippen LogP contribution in [0, 0.1) is 6.92 Å². The van der Waals surface area contributed by atoms with E-state index in [1.807, 2.05) is 7.05 Å². The van der Waals surface area contributed by atoms with E-state index in [4.69, 9.17) is 0 Å². The maximum absolute atomic E-state index is 4.58. The summed E-state index contributed by atoms with van der Waals surface area (Å²) in [4.78, 5) is 5.84. The van der Waals surface area contributed by atoms with E-state index in [1.165, 1.54) is 16.0 Å². The summed E-state index contributed by atoms with van der Waals surface area (Å²) in [6, 6.07) is 8.71.